The summed E-state index contributed by atoms with van der Waals surface area (Å²) in [7, 11) is 0. The Morgan fingerprint density at radius 2 is 1.00 bits per heavy atom. The van der Waals surface area contributed by atoms with Crippen molar-refractivity contribution in [2.24, 2.45) is 5.92 Å². The molecule has 1 aromatic heterocycles. The second-order valence-electron chi connectivity index (χ2n) is 34.1. The molecule has 6 N–H and O–H groups in total. The van der Waals surface area contributed by atoms with Gasteiger partial charge in [-0.05, 0) is 183 Å². The number of hydrogen-bond acceptors (Lipinski definition) is 25. The Bertz CT molecular complexity index is 3670. The number of nitriles is 1. The number of rotatable bonds is 44. The van der Waals surface area contributed by atoms with Crippen LogP contribution in [-0.2, 0) is 93.9 Å². The quantitative estimate of drug-likeness (QED) is 0.0235. The number of aromatic nitrogens is 1. The van der Waals surface area contributed by atoms with Crippen molar-refractivity contribution in [2.45, 2.75) is 221 Å². The third-order valence-electron chi connectivity index (χ3n) is 18.3. The van der Waals surface area contributed by atoms with E-state index in [0.29, 0.717) is 126 Å². The smallest absolute Gasteiger partial charge is 0.329 e. The van der Waals surface area contributed by atoms with Crippen LogP contribution in [-0.4, -0.2) is 292 Å². The largest absolute Gasteiger partial charge is 0.484 e. The van der Waals surface area contributed by atoms with Gasteiger partial charge in [-0.2, -0.15) is 5.26 Å². The molecule has 0 radical (unpaired) electrons. The average Bonchev–Trinajstić information content (AvgIpc) is 1.26. The molecule has 2 aliphatic heterocycles. The molecule has 0 aliphatic carbocycles. The Hall–Kier alpha value is -8.97. The Balaban J connectivity index is 1.13. The van der Waals surface area contributed by atoms with Crippen LogP contribution in [0.4, 0.5) is 0 Å². The maximum Gasteiger partial charge on any atom is 0.329 e. The molecule has 3 aromatic rings. The molecular formula is C85H133N13O19. The van der Waals surface area contributed by atoms with E-state index in [-0.39, 0.29) is 129 Å². The van der Waals surface area contributed by atoms with Crippen molar-refractivity contribution in [1.82, 2.24) is 61.4 Å². The van der Waals surface area contributed by atoms with Gasteiger partial charge in [0, 0.05) is 103 Å². The number of amides is 7. The molecule has 2 fully saturated rings. The van der Waals surface area contributed by atoms with E-state index in [0.717, 1.165) is 18.4 Å². The number of carbonyl (C=O) groups is 11. The lowest BCUT2D eigenvalue weighted by Crippen LogP contribution is -2.52. The summed E-state index contributed by atoms with van der Waals surface area (Å²) in [5, 5.41) is 27.1. The molecular weight excluding hydrogens is 1510 g/mol. The first-order valence-electron chi connectivity index (χ1n) is 41.2. The summed E-state index contributed by atoms with van der Waals surface area (Å²) in [5.41, 5.74) is -0.246. The lowest BCUT2D eigenvalue weighted by atomic mass is 10.0. The summed E-state index contributed by atoms with van der Waals surface area (Å²) in [6.07, 6.45) is 5.79. The van der Waals surface area contributed by atoms with E-state index in [1.165, 1.54) is 16.7 Å². The van der Waals surface area contributed by atoms with Gasteiger partial charge in [-0.3, -0.25) is 72.5 Å². The Labute approximate surface area is 691 Å². The van der Waals surface area contributed by atoms with Crippen LogP contribution < -0.4 is 36.6 Å². The van der Waals surface area contributed by atoms with Crippen molar-refractivity contribution in [1.29, 1.82) is 5.26 Å². The first kappa shape index (κ1) is 98.6. The highest BCUT2D eigenvalue weighted by molar-refractivity contribution is 6.07. The SMILES string of the molecule is CC(C)Cc1ccc(CC(=O)NCCCCC(NC(=O)C(CCCCNC(=O)CN2CCN(CC(=O)OC(C)(C)C)CCN(CC(=O)OC(C)(C)C)CCN(CC(=O)OC(C)(C)C)CC2)NC(=O)CCOCCOCCOCCNC(=O)COc2ccc3c(C(=O)N[C@H](C)C(=O)N4CCC[C@H]4C#N)ccnc3c2)C(=O)OC(C)(C)C)cc1. The number of fused-ring (bicyclic) bond motifs is 1. The molecule has 652 valence electrons. The standard InChI is InChI=1S/C85H133N13O19/c1-60(2)51-62-24-26-63(27-25-62)52-72(100)88-32-19-17-23-69(81(109)117-85(13,14)15)93-79(107)68(22-16-18-33-89-73(101)55-94-37-39-95(56-75(103)114-82(4,5)6)41-43-97(58-77(105)116-84(10,11)12)44-42-96(40-38-94)57-76(104)115-83(7,8)9)92-71(99)31-45-110-47-49-112-50-48-111-46-35-90-74(102)59-113-65-28-29-66-67(30-34-87-70(66)53-65)78(106)91-61(3)80(108)98-36-20-21-64(98)54-86/h24-30,34,53,60-61,64,68-69H,16-23,31-33,35-52,55-59H2,1-15H3,(H,88,100)(H,89,101)(H,90,102)(H,91,106)(H,92,99)(H,93,107)/t61-,64+,68?,69?/m1/s1. The van der Waals surface area contributed by atoms with Crippen molar-refractivity contribution < 1.29 is 90.6 Å². The number of likely N-dealkylation sites (tertiary alicyclic amines) is 1. The molecule has 7 amide bonds. The first-order valence-corrected chi connectivity index (χ1v) is 41.2. The van der Waals surface area contributed by atoms with Crippen molar-refractivity contribution in [3.05, 3.63) is 71.4 Å². The van der Waals surface area contributed by atoms with Gasteiger partial charge in [-0.15, -0.1) is 0 Å². The molecule has 2 unspecified atom stereocenters. The molecule has 0 bridgehead atoms. The van der Waals surface area contributed by atoms with Gasteiger partial charge in [0.25, 0.3) is 11.8 Å². The molecule has 2 saturated heterocycles. The number of carbonyl (C=O) groups excluding carboxylic acids is 11. The first-order chi connectivity index (χ1) is 55.2. The van der Waals surface area contributed by atoms with Gasteiger partial charge in [0.1, 0.15) is 52.3 Å². The van der Waals surface area contributed by atoms with Crippen molar-refractivity contribution in [3.63, 3.8) is 0 Å². The lowest BCUT2D eigenvalue weighted by Gasteiger charge is -2.34. The van der Waals surface area contributed by atoms with Crippen LogP contribution >= 0.6 is 0 Å². The molecule has 32 heteroatoms. The summed E-state index contributed by atoms with van der Waals surface area (Å²) >= 11 is 0. The second kappa shape index (κ2) is 50.1. The zero-order valence-electron chi connectivity index (χ0n) is 72.0. The van der Waals surface area contributed by atoms with Gasteiger partial charge in [0.15, 0.2) is 6.61 Å². The van der Waals surface area contributed by atoms with Gasteiger partial charge in [-0.1, -0.05) is 38.1 Å². The van der Waals surface area contributed by atoms with Crippen LogP contribution in [0.25, 0.3) is 10.9 Å². The Morgan fingerprint density at radius 1 is 0.513 bits per heavy atom. The van der Waals surface area contributed by atoms with Crippen LogP contribution in [0.2, 0.25) is 0 Å². The summed E-state index contributed by atoms with van der Waals surface area (Å²) in [5.74, 6) is -3.82. The van der Waals surface area contributed by atoms with Gasteiger partial charge in [-0.25, -0.2) is 4.79 Å². The monoisotopic (exact) mass is 1640 g/mol. The average molecular weight is 1640 g/mol. The number of pyridine rings is 1. The van der Waals surface area contributed by atoms with Crippen LogP contribution in [0.15, 0.2) is 54.7 Å². The normalized spacial score (nSPS) is 15.9. The van der Waals surface area contributed by atoms with Crippen molar-refractivity contribution in [2.75, 3.05) is 151 Å². The number of hydrogen-bond donors (Lipinski definition) is 6. The van der Waals surface area contributed by atoms with Gasteiger partial charge in [0.05, 0.1) is 89.4 Å². The number of esters is 4. The second-order valence-corrected chi connectivity index (χ2v) is 34.1. The highest BCUT2D eigenvalue weighted by Gasteiger charge is 2.34. The van der Waals surface area contributed by atoms with Crippen LogP contribution in [0.3, 0.4) is 0 Å². The summed E-state index contributed by atoms with van der Waals surface area (Å²) in [4.78, 5) is 161. The van der Waals surface area contributed by atoms with Crippen LogP contribution in [0.5, 0.6) is 5.75 Å². The van der Waals surface area contributed by atoms with E-state index in [2.05, 4.69) is 56.8 Å². The minimum Gasteiger partial charge on any atom is -0.484 e. The predicted molar refractivity (Wildman–Crippen MR) is 440 cm³/mol. The topological polar surface area (TPSA) is 387 Å². The van der Waals surface area contributed by atoms with Crippen molar-refractivity contribution in [3.8, 4) is 11.8 Å². The summed E-state index contributed by atoms with van der Waals surface area (Å²) in [6.45, 7) is 31.8. The Kier molecular flexibility index (Phi) is 42.2. The molecule has 5 rings (SSSR count). The lowest BCUT2D eigenvalue weighted by molar-refractivity contribution is -0.159. The molecule has 32 nitrogen and oxygen atoms in total. The molecule has 0 spiro atoms. The summed E-state index contributed by atoms with van der Waals surface area (Å²) in [6, 6.07) is 13.0. The van der Waals surface area contributed by atoms with Gasteiger partial charge >= 0.3 is 23.9 Å². The summed E-state index contributed by atoms with van der Waals surface area (Å²) < 4.78 is 45.6. The molecule has 2 aromatic carbocycles. The molecule has 4 atom stereocenters. The number of nitrogens with one attached hydrogen (secondary N) is 6. The zero-order valence-corrected chi connectivity index (χ0v) is 72.0. The van der Waals surface area contributed by atoms with E-state index in [1.807, 2.05) is 43.9 Å². The fraction of sp³-hybridized carbons (Fsp3) is 0.682. The number of benzene rings is 2. The van der Waals surface area contributed by atoms with Crippen LogP contribution in [0.1, 0.15) is 183 Å². The molecule has 0 saturated carbocycles. The third-order valence-corrected chi connectivity index (χ3v) is 18.3. The van der Waals surface area contributed by atoms with Gasteiger partial charge < -0.3 is 74.7 Å². The van der Waals surface area contributed by atoms with E-state index in [1.54, 1.807) is 114 Å². The number of unbranched alkanes of at least 4 members (excludes halogenated alkanes) is 2. The Morgan fingerprint density at radius 3 is 1.52 bits per heavy atom. The van der Waals surface area contributed by atoms with Gasteiger partial charge in [0.2, 0.25) is 29.5 Å². The number of ether oxygens (including phenoxy) is 8. The van der Waals surface area contributed by atoms with E-state index in [9.17, 15) is 58.0 Å². The number of nitrogens with zero attached hydrogens (tertiary/aromatic N) is 7. The maximum atomic E-state index is 14.4. The van der Waals surface area contributed by atoms with Crippen LogP contribution in [0, 0.1) is 17.2 Å². The minimum atomic E-state index is -1.12. The molecule has 3 heterocycles. The maximum absolute atomic E-state index is 14.4. The third kappa shape index (κ3) is 41.8. The fourth-order valence-corrected chi connectivity index (χ4v) is 12.8. The van der Waals surface area contributed by atoms with E-state index < -0.39 is 94.1 Å². The highest BCUT2D eigenvalue weighted by atomic mass is 16.6. The van der Waals surface area contributed by atoms with E-state index in [4.69, 9.17) is 37.9 Å². The van der Waals surface area contributed by atoms with Crippen molar-refractivity contribution >= 4 is 76.1 Å². The van der Waals surface area contributed by atoms with E-state index >= 15 is 0 Å². The zero-order chi connectivity index (χ0) is 86.3. The highest BCUT2D eigenvalue weighted by Crippen LogP contribution is 2.24. The molecule has 2 aliphatic rings. The predicted octanol–water partition coefficient (Wildman–Crippen LogP) is 5.37. The minimum absolute atomic E-state index is 0.0152. The fourth-order valence-electron chi connectivity index (χ4n) is 12.8. The molecule has 117 heavy (non-hydrogen) atoms.